The number of piperidine rings is 1. The van der Waals surface area contributed by atoms with Crippen molar-refractivity contribution < 1.29 is 0 Å². The molecular formula is C14H22N2. The van der Waals surface area contributed by atoms with Crippen LogP contribution in [-0.2, 0) is 6.54 Å². The first-order valence-corrected chi connectivity index (χ1v) is 6.27. The third-order valence-electron chi connectivity index (χ3n) is 3.53. The molecule has 2 rings (SSSR count). The van der Waals surface area contributed by atoms with E-state index in [-0.39, 0.29) is 0 Å². The quantitative estimate of drug-likeness (QED) is 0.843. The van der Waals surface area contributed by atoms with Crippen molar-refractivity contribution in [1.82, 2.24) is 4.90 Å². The zero-order chi connectivity index (χ0) is 11.4. The van der Waals surface area contributed by atoms with E-state index in [2.05, 4.69) is 42.2 Å². The van der Waals surface area contributed by atoms with E-state index in [0.29, 0.717) is 12.0 Å². The predicted molar refractivity (Wildman–Crippen MR) is 68.1 cm³/mol. The molecule has 0 aliphatic carbocycles. The molecule has 88 valence electrons. The Morgan fingerprint density at radius 2 is 2.12 bits per heavy atom. The summed E-state index contributed by atoms with van der Waals surface area (Å²) in [5.41, 5.74) is 7.41. The topological polar surface area (TPSA) is 29.3 Å². The molecule has 0 aromatic heterocycles. The van der Waals surface area contributed by atoms with Crippen LogP contribution >= 0.6 is 0 Å². The van der Waals surface area contributed by atoms with Crippen molar-refractivity contribution in [2.45, 2.75) is 32.4 Å². The van der Waals surface area contributed by atoms with Crippen LogP contribution in [0.3, 0.4) is 0 Å². The summed E-state index contributed by atoms with van der Waals surface area (Å²) in [5, 5.41) is 0. The SMILES string of the molecule is C[C@@H](N)[C@@H]1CCCN(Cc2ccccc2)C1. The van der Waals surface area contributed by atoms with Gasteiger partial charge < -0.3 is 5.73 Å². The highest BCUT2D eigenvalue weighted by molar-refractivity contribution is 5.14. The van der Waals surface area contributed by atoms with Gasteiger partial charge in [0.25, 0.3) is 0 Å². The predicted octanol–water partition coefficient (Wildman–Crippen LogP) is 2.25. The Balaban J connectivity index is 1.90. The molecule has 1 aliphatic rings. The monoisotopic (exact) mass is 218 g/mol. The molecule has 1 heterocycles. The average Bonchev–Trinajstić information content (AvgIpc) is 2.30. The molecule has 0 bridgehead atoms. The van der Waals surface area contributed by atoms with Gasteiger partial charge >= 0.3 is 0 Å². The first-order valence-electron chi connectivity index (χ1n) is 6.27. The van der Waals surface area contributed by atoms with Crippen LogP contribution in [0.2, 0.25) is 0 Å². The Morgan fingerprint density at radius 1 is 1.38 bits per heavy atom. The summed E-state index contributed by atoms with van der Waals surface area (Å²) in [6.07, 6.45) is 2.59. The summed E-state index contributed by atoms with van der Waals surface area (Å²) in [4.78, 5) is 2.53. The van der Waals surface area contributed by atoms with E-state index in [1.54, 1.807) is 0 Å². The first kappa shape index (κ1) is 11.6. The molecule has 0 saturated carbocycles. The van der Waals surface area contributed by atoms with Crippen LogP contribution in [0.25, 0.3) is 0 Å². The van der Waals surface area contributed by atoms with Crippen LogP contribution in [0, 0.1) is 5.92 Å². The molecule has 2 nitrogen and oxygen atoms in total. The summed E-state index contributed by atoms with van der Waals surface area (Å²) in [6, 6.07) is 11.0. The van der Waals surface area contributed by atoms with Crippen LogP contribution in [-0.4, -0.2) is 24.0 Å². The average molecular weight is 218 g/mol. The minimum atomic E-state index is 0.332. The van der Waals surface area contributed by atoms with E-state index >= 15 is 0 Å². The van der Waals surface area contributed by atoms with Gasteiger partial charge in [0.05, 0.1) is 0 Å². The van der Waals surface area contributed by atoms with Crippen molar-refractivity contribution in [2.24, 2.45) is 11.7 Å². The van der Waals surface area contributed by atoms with Crippen molar-refractivity contribution in [3.8, 4) is 0 Å². The fraction of sp³-hybridized carbons (Fsp3) is 0.571. The van der Waals surface area contributed by atoms with Crippen molar-refractivity contribution in [3.63, 3.8) is 0 Å². The molecule has 2 heteroatoms. The Bertz CT molecular complexity index is 308. The maximum Gasteiger partial charge on any atom is 0.0233 e. The maximum absolute atomic E-state index is 6.00. The van der Waals surface area contributed by atoms with Gasteiger partial charge in [-0.25, -0.2) is 0 Å². The third kappa shape index (κ3) is 3.06. The molecule has 0 spiro atoms. The highest BCUT2D eigenvalue weighted by Gasteiger charge is 2.22. The molecule has 16 heavy (non-hydrogen) atoms. The number of hydrogen-bond acceptors (Lipinski definition) is 2. The normalized spacial score (nSPS) is 24.2. The second-order valence-electron chi connectivity index (χ2n) is 4.98. The van der Waals surface area contributed by atoms with Crippen molar-refractivity contribution in [2.75, 3.05) is 13.1 Å². The number of nitrogens with two attached hydrogens (primary N) is 1. The maximum atomic E-state index is 6.00. The van der Waals surface area contributed by atoms with Gasteiger partial charge in [-0.3, -0.25) is 4.90 Å². The molecule has 2 atom stereocenters. The number of hydrogen-bond donors (Lipinski definition) is 1. The van der Waals surface area contributed by atoms with Gasteiger partial charge in [-0.1, -0.05) is 30.3 Å². The molecule has 1 saturated heterocycles. The van der Waals surface area contributed by atoms with Crippen LogP contribution in [0.1, 0.15) is 25.3 Å². The Morgan fingerprint density at radius 3 is 2.81 bits per heavy atom. The van der Waals surface area contributed by atoms with Crippen molar-refractivity contribution in [1.29, 1.82) is 0 Å². The molecule has 2 N–H and O–H groups in total. The molecular weight excluding hydrogens is 196 g/mol. The van der Waals surface area contributed by atoms with Gasteiger partial charge in [0.2, 0.25) is 0 Å². The van der Waals surface area contributed by atoms with Crippen LogP contribution in [0.4, 0.5) is 0 Å². The summed E-state index contributed by atoms with van der Waals surface area (Å²) in [5.74, 6) is 0.678. The van der Waals surface area contributed by atoms with Crippen LogP contribution < -0.4 is 5.73 Å². The smallest absolute Gasteiger partial charge is 0.0233 e. The fourth-order valence-corrected chi connectivity index (χ4v) is 2.51. The van der Waals surface area contributed by atoms with Gasteiger partial charge in [0.15, 0.2) is 0 Å². The Kier molecular flexibility index (Phi) is 3.97. The lowest BCUT2D eigenvalue weighted by Crippen LogP contribution is -2.41. The van der Waals surface area contributed by atoms with E-state index < -0.39 is 0 Å². The molecule has 0 radical (unpaired) electrons. The molecule has 0 unspecified atom stereocenters. The standard InChI is InChI=1S/C14H22N2/c1-12(15)14-8-5-9-16(11-14)10-13-6-3-2-4-7-13/h2-4,6-7,12,14H,5,8-11,15H2,1H3/t12-,14-/m1/s1. The van der Waals surface area contributed by atoms with Crippen LogP contribution in [0.5, 0.6) is 0 Å². The van der Waals surface area contributed by atoms with E-state index in [0.717, 1.165) is 13.1 Å². The first-order chi connectivity index (χ1) is 7.75. The second-order valence-corrected chi connectivity index (χ2v) is 4.98. The summed E-state index contributed by atoms with van der Waals surface area (Å²) in [6.45, 7) is 5.59. The molecule has 1 aliphatic heterocycles. The summed E-state index contributed by atoms with van der Waals surface area (Å²) in [7, 11) is 0. The largest absolute Gasteiger partial charge is 0.328 e. The minimum absolute atomic E-state index is 0.332. The zero-order valence-corrected chi connectivity index (χ0v) is 10.1. The Hall–Kier alpha value is -0.860. The number of likely N-dealkylation sites (tertiary alicyclic amines) is 1. The van der Waals surface area contributed by atoms with Gasteiger partial charge in [0.1, 0.15) is 0 Å². The van der Waals surface area contributed by atoms with Gasteiger partial charge in [0, 0.05) is 19.1 Å². The Labute approximate surface area is 98.4 Å². The molecule has 1 fully saturated rings. The lowest BCUT2D eigenvalue weighted by Gasteiger charge is -2.34. The number of rotatable bonds is 3. The second kappa shape index (κ2) is 5.46. The van der Waals surface area contributed by atoms with Gasteiger partial charge in [-0.05, 0) is 37.8 Å². The summed E-state index contributed by atoms with van der Waals surface area (Å²) < 4.78 is 0. The highest BCUT2D eigenvalue weighted by Crippen LogP contribution is 2.20. The van der Waals surface area contributed by atoms with E-state index in [1.807, 2.05) is 0 Å². The van der Waals surface area contributed by atoms with E-state index in [4.69, 9.17) is 5.73 Å². The lowest BCUT2D eigenvalue weighted by atomic mass is 9.92. The van der Waals surface area contributed by atoms with Gasteiger partial charge in [-0.15, -0.1) is 0 Å². The van der Waals surface area contributed by atoms with Crippen molar-refractivity contribution in [3.05, 3.63) is 35.9 Å². The van der Waals surface area contributed by atoms with E-state index in [9.17, 15) is 0 Å². The number of nitrogens with zero attached hydrogens (tertiary/aromatic N) is 1. The van der Waals surface area contributed by atoms with E-state index in [1.165, 1.54) is 24.9 Å². The third-order valence-corrected chi connectivity index (χ3v) is 3.53. The lowest BCUT2D eigenvalue weighted by molar-refractivity contribution is 0.154. The van der Waals surface area contributed by atoms with Gasteiger partial charge in [-0.2, -0.15) is 0 Å². The van der Waals surface area contributed by atoms with Crippen molar-refractivity contribution >= 4 is 0 Å². The zero-order valence-electron chi connectivity index (χ0n) is 10.1. The molecule has 1 aromatic rings. The minimum Gasteiger partial charge on any atom is -0.328 e. The number of benzene rings is 1. The van der Waals surface area contributed by atoms with Crippen LogP contribution in [0.15, 0.2) is 30.3 Å². The fourth-order valence-electron chi connectivity index (χ4n) is 2.51. The molecule has 0 amide bonds. The highest BCUT2D eigenvalue weighted by atomic mass is 15.1. The molecule has 1 aromatic carbocycles. The summed E-state index contributed by atoms with van der Waals surface area (Å²) >= 11 is 0.